The van der Waals surface area contributed by atoms with Crippen molar-refractivity contribution in [2.75, 3.05) is 6.54 Å². The Morgan fingerprint density at radius 2 is 1.76 bits per heavy atom. The van der Waals surface area contributed by atoms with Crippen LogP contribution in [0.15, 0.2) is 0 Å². The summed E-state index contributed by atoms with van der Waals surface area (Å²) >= 11 is 0. The molecule has 1 aliphatic carbocycles. The van der Waals surface area contributed by atoms with Crippen LogP contribution in [0.1, 0.15) is 84.5 Å². The zero-order chi connectivity index (χ0) is 12.3. The smallest absolute Gasteiger partial charge is 0.00696 e. The van der Waals surface area contributed by atoms with E-state index in [4.69, 9.17) is 0 Å². The van der Waals surface area contributed by atoms with Crippen LogP contribution in [0.25, 0.3) is 0 Å². The number of hydrogen-bond donors (Lipinski definition) is 1. The number of unbranched alkanes of at least 4 members (excludes halogenated alkanes) is 4. The fourth-order valence-corrected chi connectivity index (χ4v) is 2.78. The molecule has 1 N–H and O–H groups in total. The van der Waals surface area contributed by atoms with Gasteiger partial charge in [-0.3, -0.25) is 0 Å². The maximum absolute atomic E-state index is 3.76. The Hall–Kier alpha value is -0.0400. The number of hydrogen-bond acceptors (Lipinski definition) is 1. The third-order valence-corrected chi connectivity index (χ3v) is 4.18. The molecule has 1 aliphatic rings. The minimum atomic E-state index is 0.821. The number of rotatable bonds is 11. The molecule has 1 heteroatoms. The monoisotopic (exact) mass is 239 g/mol. The zero-order valence-corrected chi connectivity index (χ0v) is 12.1. The van der Waals surface area contributed by atoms with Crippen molar-refractivity contribution in [3.05, 3.63) is 0 Å². The second-order valence-electron chi connectivity index (χ2n) is 5.89. The molecule has 102 valence electrons. The third-order valence-electron chi connectivity index (χ3n) is 4.18. The fraction of sp³-hybridized carbons (Fsp3) is 1.00. The van der Waals surface area contributed by atoms with Gasteiger partial charge in [-0.2, -0.15) is 0 Å². The second kappa shape index (κ2) is 9.94. The summed E-state index contributed by atoms with van der Waals surface area (Å²) in [5.74, 6) is 1.06. The average Bonchev–Trinajstić information content (AvgIpc) is 2.29. The maximum Gasteiger partial charge on any atom is 0.00696 e. The van der Waals surface area contributed by atoms with E-state index in [0.717, 1.165) is 12.0 Å². The Bertz CT molecular complexity index is 163. The zero-order valence-electron chi connectivity index (χ0n) is 12.1. The highest BCUT2D eigenvalue weighted by Gasteiger charge is 2.21. The maximum atomic E-state index is 3.76. The van der Waals surface area contributed by atoms with Crippen molar-refractivity contribution in [2.45, 2.75) is 90.5 Å². The minimum Gasteiger partial charge on any atom is -0.314 e. The van der Waals surface area contributed by atoms with Crippen LogP contribution in [-0.2, 0) is 0 Å². The van der Waals surface area contributed by atoms with Crippen molar-refractivity contribution in [1.29, 1.82) is 0 Å². The van der Waals surface area contributed by atoms with Gasteiger partial charge in [-0.15, -0.1) is 0 Å². The van der Waals surface area contributed by atoms with E-state index in [1.54, 1.807) is 0 Å². The van der Waals surface area contributed by atoms with Crippen molar-refractivity contribution in [3.8, 4) is 0 Å². The van der Waals surface area contributed by atoms with E-state index >= 15 is 0 Å². The lowest BCUT2D eigenvalue weighted by molar-refractivity contribution is 0.252. The molecule has 0 aliphatic heterocycles. The molecule has 0 amide bonds. The van der Waals surface area contributed by atoms with Crippen molar-refractivity contribution in [2.24, 2.45) is 5.92 Å². The first kappa shape index (κ1) is 15.0. The molecule has 1 atom stereocenters. The summed E-state index contributed by atoms with van der Waals surface area (Å²) in [6, 6.07) is 0.821. The molecule has 0 saturated heterocycles. The largest absolute Gasteiger partial charge is 0.314 e. The average molecular weight is 239 g/mol. The third kappa shape index (κ3) is 7.08. The van der Waals surface area contributed by atoms with Crippen LogP contribution in [0.3, 0.4) is 0 Å². The Morgan fingerprint density at radius 1 is 1.00 bits per heavy atom. The molecular weight excluding hydrogens is 206 g/mol. The molecule has 0 aromatic rings. The normalized spacial score (nSPS) is 18.0. The minimum absolute atomic E-state index is 0.821. The molecule has 0 radical (unpaired) electrons. The second-order valence-corrected chi connectivity index (χ2v) is 5.89. The van der Waals surface area contributed by atoms with Gasteiger partial charge in [0.2, 0.25) is 0 Å². The standard InChI is InChI=1S/C16H33N/c1-3-5-6-7-8-12-16(17-13-4-2)14-15-10-9-11-15/h15-17H,3-14H2,1-2H3. The molecule has 17 heavy (non-hydrogen) atoms. The molecule has 0 aromatic heterocycles. The lowest BCUT2D eigenvalue weighted by atomic mass is 9.80. The number of nitrogens with one attached hydrogen (secondary N) is 1. The van der Waals surface area contributed by atoms with E-state index in [-0.39, 0.29) is 0 Å². The van der Waals surface area contributed by atoms with Gasteiger partial charge in [0, 0.05) is 6.04 Å². The van der Waals surface area contributed by atoms with Gasteiger partial charge in [-0.25, -0.2) is 0 Å². The van der Waals surface area contributed by atoms with Gasteiger partial charge in [0.1, 0.15) is 0 Å². The van der Waals surface area contributed by atoms with Gasteiger partial charge in [0.05, 0.1) is 0 Å². The van der Waals surface area contributed by atoms with E-state index < -0.39 is 0 Å². The van der Waals surface area contributed by atoms with E-state index in [9.17, 15) is 0 Å². The molecule has 1 fully saturated rings. The van der Waals surface area contributed by atoms with Crippen LogP contribution in [0.4, 0.5) is 0 Å². The first-order valence-corrected chi connectivity index (χ1v) is 8.10. The summed E-state index contributed by atoms with van der Waals surface area (Å²) in [7, 11) is 0. The SMILES string of the molecule is CCCCCCCC(CC1CCC1)NCCC. The van der Waals surface area contributed by atoms with Crippen molar-refractivity contribution >= 4 is 0 Å². The van der Waals surface area contributed by atoms with Gasteiger partial charge in [-0.1, -0.05) is 65.2 Å². The van der Waals surface area contributed by atoms with E-state index in [1.165, 1.54) is 77.2 Å². The highest BCUT2D eigenvalue weighted by Crippen LogP contribution is 2.31. The van der Waals surface area contributed by atoms with Crippen molar-refractivity contribution < 1.29 is 0 Å². The van der Waals surface area contributed by atoms with Gasteiger partial charge >= 0.3 is 0 Å². The van der Waals surface area contributed by atoms with E-state index in [1.807, 2.05) is 0 Å². The Labute approximate surface area is 109 Å². The van der Waals surface area contributed by atoms with Crippen LogP contribution >= 0.6 is 0 Å². The van der Waals surface area contributed by atoms with Crippen LogP contribution in [0.5, 0.6) is 0 Å². The van der Waals surface area contributed by atoms with Gasteiger partial charge in [0.25, 0.3) is 0 Å². The van der Waals surface area contributed by atoms with Gasteiger partial charge in [0.15, 0.2) is 0 Å². The quantitative estimate of drug-likeness (QED) is 0.505. The molecule has 0 spiro atoms. The van der Waals surface area contributed by atoms with Crippen molar-refractivity contribution in [1.82, 2.24) is 5.32 Å². The topological polar surface area (TPSA) is 12.0 Å². The summed E-state index contributed by atoms with van der Waals surface area (Å²) < 4.78 is 0. The first-order chi connectivity index (χ1) is 8.36. The highest BCUT2D eigenvalue weighted by molar-refractivity contribution is 4.77. The summed E-state index contributed by atoms with van der Waals surface area (Å²) in [6.07, 6.45) is 15.7. The predicted molar refractivity (Wildman–Crippen MR) is 77.4 cm³/mol. The van der Waals surface area contributed by atoms with Crippen LogP contribution in [0.2, 0.25) is 0 Å². The molecule has 1 saturated carbocycles. The van der Waals surface area contributed by atoms with E-state index in [2.05, 4.69) is 19.2 Å². The lowest BCUT2D eigenvalue weighted by Crippen LogP contribution is -2.33. The molecule has 0 heterocycles. The van der Waals surface area contributed by atoms with Crippen LogP contribution in [0, 0.1) is 5.92 Å². The molecular formula is C16H33N. The summed E-state index contributed by atoms with van der Waals surface area (Å²) in [5, 5.41) is 3.76. The summed E-state index contributed by atoms with van der Waals surface area (Å²) in [5.41, 5.74) is 0. The Kier molecular flexibility index (Phi) is 8.78. The van der Waals surface area contributed by atoms with Crippen LogP contribution < -0.4 is 5.32 Å². The van der Waals surface area contributed by atoms with Gasteiger partial charge in [-0.05, 0) is 31.7 Å². The fourth-order valence-electron chi connectivity index (χ4n) is 2.78. The summed E-state index contributed by atoms with van der Waals surface area (Å²) in [4.78, 5) is 0. The molecule has 1 nitrogen and oxygen atoms in total. The Balaban J connectivity index is 2.06. The van der Waals surface area contributed by atoms with Gasteiger partial charge < -0.3 is 5.32 Å². The molecule has 0 bridgehead atoms. The lowest BCUT2D eigenvalue weighted by Gasteiger charge is -2.30. The summed E-state index contributed by atoms with van der Waals surface area (Å²) in [6.45, 7) is 5.78. The highest BCUT2D eigenvalue weighted by atomic mass is 14.9. The molecule has 0 aromatic carbocycles. The first-order valence-electron chi connectivity index (χ1n) is 8.10. The molecule has 1 rings (SSSR count). The predicted octanol–water partition coefficient (Wildman–Crippen LogP) is 4.91. The van der Waals surface area contributed by atoms with Crippen molar-refractivity contribution in [3.63, 3.8) is 0 Å². The van der Waals surface area contributed by atoms with Crippen LogP contribution in [-0.4, -0.2) is 12.6 Å². The van der Waals surface area contributed by atoms with E-state index in [0.29, 0.717) is 0 Å². The Morgan fingerprint density at radius 3 is 2.35 bits per heavy atom. The molecule has 1 unspecified atom stereocenters.